The summed E-state index contributed by atoms with van der Waals surface area (Å²) in [5.41, 5.74) is 5.68. The van der Waals surface area contributed by atoms with Crippen molar-refractivity contribution in [3.8, 4) is 22.7 Å². The molecule has 5 heteroatoms. The summed E-state index contributed by atoms with van der Waals surface area (Å²) in [5, 5.41) is 12.1. The molecule has 0 spiro atoms. The Balaban J connectivity index is 1.74. The minimum Gasteiger partial charge on any atom is -0.497 e. The number of nitrogens with zero attached hydrogens (tertiary/aromatic N) is 3. The molecule has 29 heavy (non-hydrogen) atoms. The fraction of sp³-hybridized carbons (Fsp3) is 0.0833. The summed E-state index contributed by atoms with van der Waals surface area (Å²) in [7, 11) is 1.62. The fourth-order valence-electron chi connectivity index (χ4n) is 3.88. The van der Waals surface area contributed by atoms with Gasteiger partial charge in [0.25, 0.3) is 0 Å². The lowest BCUT2D eigenvalue weighted by Crippen LogP contribution is -1.97. The predicted octanol–water partition coefficient (Wildman–Crippen LogP) is 4.74. The first-order chi connectivity index (χ1) is 14.3. The molecule has 3 heterocycles. The molecule has 0 aliphatic heterocycles. The molecular formula is C24H19N3O2. The summed E-state index contributed by atoms with van der Waals surface area (Å²) < 4.78 is 7.51. The van der Waals surface area contributed by atoms with Crippen molar-refractivity contribution in [2.45, 2.75) is 6.61 Å². The topological polar surface area (TPSA) is 60.2 Å². The molecule has 5 nitrogen and oxygen atoms in total. The highest BCUT2D eigenvalue weighted by atomic mass is 16.5. The van der Waals surface area contributed by atoms with Gasteiger partial charge in [0.15, 0.2) is 0 Å². The second kappa shape index (κ2) is 7.04. The van der Waals surface area contributed by atoms with Crippen molar-refractivity contribution in [1.29, 1.82) is 0 Å². The monoisotopic (exact) mass is 381 g/mol. The highest BCUT2D eigenvalue weighted by molar-refractivity contribution is 6.08. The minimum absolute atomic E-state index is 0.0838. The van der Waals surface area contributed by atoms with E-state index in [0.29, 0.717) is 5.75 Å². The molecule has 1 N–H and O–H groups in total. The molecule has 0 aliphatic carbocycles. The standard InChI is InChI=1S/C24H19N3O2/c1-29-18-6-7-19(16(12-18)15-28)22-13-17(8-11-26-22)27-23-5-3-2-4-20(23)21-14-25-10-9-24(21)27/h2-14,28H,15H2,1H3. The minimum atomic E-state index is -0.0838. The lowest BCUT2D eigenvalue weighted by Gasteiger charge is -2.12. The van der Waals surface area contributed by atoms with Crippen molar-refractivity contribution >= 4 is 21.8 Å². The number of hydrogen-bond acceptors (Lipinski definition) is 4. The molecule has 0 atom stereocenters. The Labute approximate surface area is 167 Å². The largest absolute Gasteiger partial charge is 0.497 e. The first-order valence-corrected chi connectivity index (χ1v) is 9.38. The first kappa shape index (κ1) is 17.4. The Kier molecular flexibility index (Phi) is 4.22. The number of hydrogen-bond donors (Lipinski definition) is 1. The second-order valence-electron chi connectivity index (χ2n) is 6.83. The number of ether oxygens (including phenoxy) is 1. The SMILES string of the molecule is COc1ccc(-c2cc(-n3c4ccccc4c4cnccc43)ccn2)c(CO)c1. The molecular weight excluding hydrogens is 362 g/mol. The third-order valence-electron chi connectivity index (χ3n) is 5.23. The number of aliphatic hydroxyl groups excluding tert-OH is 1. The third-order valence-corrected chi connectivity index (χ3v) is 5.23. The quantitative estimate of drug-likeness (QED) is 0.488. The summed E-state index contributed by atoms with van der Waals surface area (Å²) in [5.74, 6) is 0.712. The van der Waals surface area contributed by atoms with Gasteiger partial charge in [-0.15, -0.1) is 0 Å². The van der Waals surface area contributed by atoms with Crippen molar-refractivity contribution in [2.75, 3.05) is 7.11 Å². The van der Waals surface area contributed by atoms with Crippen molar-refractivity contribution in [1.82, 2.24) is 14.5 Å². The van der Waals surface area contributed by atoms with Gasteiger partial charge in [0.2, 0.25) is 0 Å². The molecule has 0 fully saturated rings. The van der Waals surface area contributed by atoms with E-state index in [9.17, 15) is 5.11 Å². The van der Waals surface area contributed by atoms with Gasteiger partial charge in [0.05, 0.1) is 30.4 Å². The molecule has 2 aromatic carbocycles. The first-order valence-electron chi connectivity index (χ1n) is 9.38. The van der Waals surface area contributed by atoms with Crippen LogP contribution in [-0.4, -0.2) is 26.8 Å². The Morgan fingerprint density at radius 1 is 0.931 bits per heavy atom. The zero-order valence-corrected chi connectivity index (χ0v) is 15.9. The van der Waals surface area contributed by atoms with Crippen LogP contribution in [0.4, 0.5) is 0 Å². The molecule has 0 unspecified atom stereocenters. The Hall–Kier alpha value is -3.70. The Morgan fingerprint density at radius 3 is 2.66 bits per heavy atom. The van der Waals surface area contributed by atoms with Crippen LogP contribution in [0, 0.1) is 0 Å². The van der Waals surface area contributed by atoms with Gasteiger partial charge in [-0.1, -0.05) is 18.2 Å². The summed E-state index contributed by atoms with van der Waals surface area (Å²) in [6, 6.07) is 20.1. The molecule has 0 radical (unpaired) electrons. The average Bonchev–Trinajstić information content (AvgIpc) is 3.13. The van der Waals surface area contributed by atoms with E-state index in [1.807, 2.05) is 60.9 Å². The number of aromatic nitrogens is 3. The molecule has 0 bridgehead atoms. The number of methoxy groups -OCH3 is 1. The number of rotatable bonds is 4. The van der Waals surface area contributed by atoms with Gasteiger partial charge in [-0.2, -0.15) is 0 Å². The van der Waals surface area contributed by atoms with Crippen molar-refractivity contribution in [3.63, 3.8) is 0 Å². The Bertz CT molecular complexity index is 1290. The summed E-state index contributed by atoms with van der Waals surface area (Å²) in [4.78, 5) is 8.87. The van der Waals surface area contributed by atoms with Crippen molar-refractivity contribution in [3.05, 3.63) is 84.8 Å². The van der Waals surface area contributed by atoms with Crippen LogP contribution in [-0.2, 0) is 6.61 Å². The number of para-hydroxylation sites is 1. The van der Waals surface area contributed by atoms with Crippen molar-refractivity contribution in [2.24, 2.45) is 0 Å². The molecule has 5 rings (SSSR count). The maximum absolute atomic E-state index is 9.84. The molecule has 0 saturated carbocycles. The zero-order valence-electron chi connectivity index (χ0n) is 15.9. The summed E-state index contributed by atoms with van der Waals surface area (Å²) in [6.45, 7) is -0.0838. The molecule has 0 amide bonds. The highest BCUT2D eigenvalue weighted by Gasteiger charge is 2.14. The molecule has 5 aromatic rings. The average molecular weight is 381 g/mol. The number of fused-ring (bicyclic) bond motifs is 3. The zero-order chi connectivity index (χ0) is 19.8. The molecule has 0 aliphatic rings. The van der Waals surface area contributed by atoms with Gasteiger partial charge in [0, 0.05) is 40.6 Å². The van der Waals surface area contributed by atoms with E-state index < -0.39 is 0 Å². The van der Waals surface area contributed by atoms with Crippen LogP contribution in [0.1, 0.15) is 5.56 Å². The lowest BCUT2D eigenvalue weighted by molar-refractivity contribution is 0.281. The van der Waals surface area contributed by atoms with Crippen molar-refractivity contribution < 1.29 is 9.84 Å². The number of pyridine rings is 2. The maximum Gasteiger partial charge on any atom is 0.119 e. The van der Waals surface area contributed by atoms with Gasteiger partial charge in [-0.05, 0) is 48.0 Å². The smallest absolute Gasteiger partial charge is 0.119 e. The van der Waals surface area contributed by atoms with Crippen LogP contribution in [0.15, 0.2) is 79.3 Å². The van der Waals surface area contributed by atoms with Crippen LogP contribution in [0.2, 0.25) is 0 Å². The van der Waals surface area contributed by atoms with Crippen LogP contribution < -0.4 is 4.74 Å². The second-order valence-corrected chi connectivity index (χ2v) is 6.83. The van der Waals surface area contributed by atoms with Gasteiger partial charge in [-0.3, -0.25) is 9.97 Å². The van der Waals surface area contributed by atoms with E-state index in [4.69, 9.17) is 4.74 Å². The Morgan fingerprint density at radius 2 is 1.79 bits per heavy atom. The van der Waals surface area contributed by atoms with E-state index in [-0.39, 0.29) is 6.61 Å². The van der Waals surface area contributed by atoms with Crippen LogP contribution in [0.25, 0.3) is 38.8 Å². The lowest BCUT2D eigenvalue weighted by atomic mass is 10.0. The summed E-state index contributed by atoms with van der Waals surface area (Å²) >= 11 is 0. The number of aliphatic hydroxyl groups is 1. The van der Waals surface area contributed by atoms with E-state index in [1.165, 1.54) is 0 Å². The van der Waals surface area contributed by atoms with Crippen LogP contribution >= 0.6 is 0 Å². The van der Waals surface area contributed by atoms with Gasteiger partial charge in [0.1, 0.15) is 5.75 Å². The van der Waals surface area contributed by atoms with Crippen LogP contribution in [0.5, 0.6) is 5.75 Å². The van der Waals surface area contributed by atoms with Crippen LogP contribution in [0.3, 0.4) is 0 Å². The highest BCUT2D eigenvalue weighted by Crippen LogP contribution is 2.33. The molecule has 142 valence electrons. The normalized spacial score (nSPS) is 11.2. The molecule has 3 aromatic heterocycles. The van der Waals surface area contributed by atoms with Gasteiger partial charge >= 0.3 is 0 Å². The molecule has 0 saturated heterocycles. The van der Waals surface area contributed by atoms with E-state index >= 15 is 0 Å². The predicted molar refractivity (Wildman–Crippen MR) is 114 cm³/mol. The third kappa shape index (κ3) is 2.83. The fourth-order valence-corrected chi connectivity index (χ4v) is 3.88. The van der Waals surface area contributed by atoms with E-state index in [0.717, 1.165) is 44.3 Å². The van der Waals surface area contributed by atoms with Gasteiger partial charge < -0.3 is 14.4 Å². The maximum atomic E-state index is 9.84. The van der Waals surface area contributed by atoms with Gasteiger partial charge in [-0.25, -0.2) is 0 Å². The summed E-state index contributed by atoms with van der Waals surface area (Å²) in [6.07, 6.45) is 5.52. The van der Waals surface area contributed by atoms with E-state index in [1.54, 1.807) is 13.3 Å². The number of benzene rings is 2. The van der Waals surface area contributed by atoms with E-state index in [2.05, 4.69) is 26.7 Å².